The third-order valence-electron chi connectivity index (χ3n) is 4.70. The van der Waals surface area contributed by atoms with Crippen molar-refractivity contribution in [3.05, 3.63) is 76.7 Å². The number of carboxylic acid groups (broad SMARTS) is 1. The molecule has 35 heavy (non-hydrogen) atoms. The molecule has 0 saturated heterocycles. The number of pyridine rings is 1. The van der Waals surface area contributed by atoms with E-state index in [0.29, 0.717) is 22.8 Å². The van der Waals surface area contributed by atoms with Crippen LogP contribution in [0.5, 0.6) is 23.0 Å². The van der Waals surface area contributed by atoms with Crippen molar-refractivity contribution in [2.24, 2.45) is 7.05 Å². The molecule has 0 aliphatic rings. The van der Waals surface area contributed by atoms with Gasteiger partial charge in [-0.1, -0.05) is 36.1 Å². The molecule has 2 amide bonds. The molecule has 0 saturated carbocycles. The molecule has 0 radical (unpaired) electrons. The molecule has 3 aromatic rings. The SMILES string of the molecule is COc1ccccc1Oc1cccc([C@H](CC(=O)[O-])NC(=O)Nc2c([O-])ccn(C)c2=O)c1.[Na+].[Na+]. The molecule has 12 heteroatoms. The van der Waals surface area contributed by atoms with Crippen LogP contribution in [-0.2, 0) is 11.8 Å². The molecule has 172 valence electrons. The summed E-state index contributed by atoms with van der Waals surface area (Å²) < 4.78 is 12.2. The Morgan fingerprint density at radius 2 is 1.74 bits per heavy atom. The minimum absolute atomic E-state index is 0. The summed E-state index contributed by atoms with van der Waals surface area (Å²) in [7, 11) is 2.93. The standard InChI is InChI=1S/C23H23N3O7.2Na/c1-26-11-10-17(27)21(22(26)30)25-23(31)24-16(13-20(28)29)14-6-5-7-15(12-14)33-19-9-4-3-8-18(19)32-2;;/h3-12,16,27H,13H2,1-2H3,(H,28,29)(H2,24,25,31);;/q;2*+1/p-2/t16-;;/m0../s1. The van der Waals surface area contributed by atoms with Crippen molar-refractivity contribution < 1.29 is 88.4 Å². The minimum Gasteiger partial charge on any atom is -0.871 e. The van der Waals surface area contributed by atoms with E-state index >= 15 is 0 Å². The van der Waals surface area contributed by atoms with Crippen LogP contribution in [0.4, 0.5) is 10.5 Å². The fraction of sp³-hybridized carbons (Fsp3) is 0.174. The summed E-state index contributed by atoms with van der Waals surface area (Å²) in [6.45, 7) is 0. The van der Waals surface area contributed by atoms with Gasteiger partial charge in [-0.25, -0.2) is 4.79 Å². The maximum atomic E-state index is 12.5. The minimum atomic E-state index is -1.41. The smallest absolute Gasteiger partial charge is 0.871 e. The number of aryl methyl sites for hydroxylation is 1. The van der Waals surface area contributed by atoms with Crippen molar-refractivity contribution in [3.8, 4) is 23.0 Å². The Balaban J connectivity index is 0.00000306. The van der Waals surface area contributed by atoms with Gasteiger partial charge in [-0.15, -0.1) is 0 Å². The van der Waals surface area contributed by atoms with Gasteiger partial charge in [0.05, 0.1) is 13.2 Å². The number of nitrogens with one attached hydrogen (secondary N) is 2. The van der Waals surface area contributed by atoms with E-state index < -0.39 is 41.5 Å². The van der Waals surface area contributed by atoms with E-state index in [4.69, 9.17) is 9.47 Å². The Morgan fingerprint density at radius 1 is 1.06 bits per heavy atom. The first-order chi connectivity index (χ1) is 15.8. The van der Waals surface area contributed by atoms with Crippen LogP contribution in [0.3, 0.4) is 0 Å². The van der Waals surface area contributed by atoms with Crippen molar-refractivity contribution in [2.75, 3.05) is 12.4 Å². The molecule has 0 bridgehead atoms. The summed E-state index contributed by atoms with van der Waals surface area (Å²) in [6, 6.07) is 12.6. The molecule has 2 aromatic carbocycles. The molecule has 3 rings (SSSR count). The molecule has 1 heterocycles. The second kappa shape index (κ2) is 14.2. The van der Waals surface area contributed by atoms with Gasteiger partial charge in [-0.05, 0) is 29.8 Å². The molecular formula is C23H21N3Na2O7. The number of aliphatic carboxylic acids is 1. The van der Waals surface area contributed by atoms with Gasteiger partial charge < -0.3 is 39.7 Å². The third-order valence-corrected chi connectivity index (χ3v) is 4.70. The van der Waals surface area contributed by atoms with E-state index in [9.17, 15) is 24.6 Å². The number of anilines is 1. The predicted molar refractivity (Wildman–Crippen MR) is 115 cm³/mol. The van der Waals surface area contributed by atoms with Crippen LogP contribution in [-0.4, -0.2) is 23.7 Å². The molecule has 0 unspecified atom stereocenters. The number of nitrogens with zero attached hydrogens (tertiary/aromatic N) is 1. The van der Waals surface area contributed by atoms with Crippen molar-refractivity contribution in [2.45, 2.75) is 12.5 Å². The van der Waals surface area contributed by atoms with Gasteiger partial charge in [0, 0.05) is 25.6 Å². The average molecular weight is 497 g/mol. The molecule has 2 N–H and O–H groups in total. The number of carbonyl (C=O) groups excluding carboxylic acids is 2. The monoisotopic (exact) mass is 497 g/mol. The quantitative estimate of drug-likeness (QED) is 0.298. The number of carboxylic acids is 1. The van der Waals surface area contributed by atoms with Gasteiger partial charge in [0.25, 0.3) is 5.56 Å². The summed E-state index contributed by atoms with van der Waals surface area (Å²) >= 11 is 0. The zero-order valence-electron chi connectivity index (χ0n) is 19.9. The Kier molecular flexibility index (Phi) is 12.4. The number of amides is 2. The van der Waals surface area contributed by atoms with Crippen LogP contribution in [0.25, 0.3) is 0 Å². The van der Waals surface area contributed by atoms with Crippen molar-refractivity contribution in [1.29, 1.82) is 0 Å². The third kappa shape index (κ3) is 8.31. The van der Waals surface area contributed by atoms with E-state index in [0.717, 1.165) is 10.6 Å². The second-order valence-corrected chi connectivity index (χ2v) is 7.02. The first-order valence-corrected chi connectivity index (χ1v) is 9.83. The summed E-state index contributed by atoms with van der Waals surface area (Å²) in [6.07, 6.45) is 0.725. The number of methoxy groups -OCH3 is 1. The Bertz CT molecular complexity index is 1230. The van der Waals surface area contributed by atoms with Gasteiger partial charge in [0.2, 0.25) is 0 Å². The topological polar surface area (TPSA) is 145 Å². The predicted octanol–water partition coefficient (Wildman–Crippen LogP) is -4.73. The van der Waals surface area contributed by atoms with Crippen LogP contribution in [0, 0.1) is 0 Å². The first-order valence-electron chi connectivity index (χ1n) is 9.83. The van der Waals surface area contributed by atoms with Crippen molar-refractivity contribution in [3.63, 3.8) is 0 Å². The van der Waals surface area contributed by atoms with Crippen molar-refractivity contribution in [1.82, 2.24) is 9.88 Å². The fourth-order valence-corrected chi connectivity index (χ4v) is 3.08. The van der Waals surface area contributed by atoms with Crippen molar-refractivity contribution >= 4 is 17.7 Å². The number of ether oxygens (including phenoxy) is 2. The summed E-state index contributed by atoms with van der Waals surface area (Å²) in [5.41, 5.74) is -0.732. The maximum absolute atomic E-state index is 12.5. The number of hydrogen-bond acceptors (Lipinski definition) is 7. The molecule has 0 aliphatic heterocycles. The largest absolute Gasteiger partial charge is 1.00 e. The Labute approximate surface area is 245 Å². The number of carbonyl (C=O) groups is 2. The van der Waals surface area contributed by atoms with E-state index in [1.165, 1.54) is 20.4 Å². The Morgan fingerprint density at radius 3 is 2.40 bits per heavy atom. The molecule has 0 aliphatic carbocycles. The summed E-state index contributed by atoms with van der Waals surface area (Å²) in [5, 5.41) is 27.9. The van der Waals surface area contributed by atoms with E-state index in [1.807, 2.05) is 0 Å². The zero-order valence-corrected chi connectivity index (χ0v) is 23.9. The summed E-state index contributed by atoms with van der Waals surface area (Å²) in [4.78, 5) is 35.9. The van der Waals surface area contributed by atoms with Gasteiger partial charge in [0.1, 0.15) is 11.4 Å². The maximum Gasteiger partial charge on any atom is 1.00 e. The zero-order chi connectivity index (χ0) is 24.0. The molecule has 1 atom stereocenters. The molecule has 1 aromatic heterocycles. The van der Waals surface area contributed by atoms with Crippen LogP contribution in [0.15, 0.2) is 65.6 Å². The van der Waals surface area contributed by atoms with Gasteiger partial charge in [0.15, 0.2) is 11.5 Å². The second-order valence-electron chi connectivity index (χ2n) is 7.02. The van der Waals surface area contributed by atoms with Gasteiger partial charge in [-0.3, -0.25) is 4.79 Å². The fourth-order valence-electron chi connectivity index (χ4n) is 3.08. The average Bonchev–Trinajstić information content (AvgIpc) is 2.79. The molecule has 0 spiro atoms. The number of benzene rings is 2. The molecule has 10 nitrogen and oxygen atoms in total. The molecule has 0 fully saturated rings. The van der Waals surface area contributed by atoms with Crippen LogP contribution < -0.4 is 95.0 Å². The number of para-hydroxylation sites is 2. The molecular weight excluding hydrogens is 476 g/mol. The van der Waals surface area contributed by atoms with Gasteiger partial charge in [-0.2, -0.15) is 0 Å². The first kappa shape index (κ1) is 30.6. The van der Waals surface area contributed by atoms with E-state index in [-0.39, 0.29) is 59.1 Å². The summed E-state index contributed by atoms with van der Waals surface area (Å²) in [5.74, 6) is -0.749. The van der Waals surface area contributed by atoms with Crippen LogP contribution in [0.2, 0.25) is 0 Å². The number of rotatable bonds is 8. The van der Waals surface area contributed by atoms with Gasteiger partial charge >= 0.3 is 65.1 Å². The van der Waals surface area contributed by atoms with Crippen LogP contribution >= 0.6 is 0 Å². The number of aromatic nitrogens is 1. The number of urea groups is 1. The van der Waals surface area contributed by atoms with E-state index in [1.54, 1.807) is 48.5 Å². The van der Waals surface area contributed by atoms with Crippen LogP contribution in [0.1, 0.15) is 18.0 Å². The van der Waals surface area contributed by atoms with E-state index in [2.05, 4.69) is 10.6 Å². The Hall–Kier alpha value is -2.47. The number of hydrogen-bond donors (Lipinski definition) is 2. The normalized spacial score (nSPS) is 10.7.